The van der Waals surface area contributed by atoms with Crippen LogP contribution in [0.15, 0.2) is 54.9 Å². The first-order valence-electron chi connectivity index (χ1n) is 6.87. The summed E-state index contributed by atoms with van der Waals surface area (Å²) >= 11 is 11.8. The fraction of sp³-hybridized carbons (Fsp3) is 0. The van der Waals surface area contributed by atoms with Crippen LogP contribution in [0.2, 0.25) is 10.0 Å². The predicted octanol–water partition coefficient (Wildman–Crippen LogP) is 4.84. The molecule has 0 aliphatic rings. The molecule has 0 saturated carbocycles. The Bertz CT molecular complexity index is 901. The Morgan fingerprint density at radius 2 is 1.79 bits per heavy atom. The number of halogens is 3. The summed E-state index contributed by atoms with van der Waals surface area (Å²) in [5.41, 5.74) is 1.16. The average molecular weight is 362 g/mol. The van der Waals surface area contributed by atoms with Crippen molar-refractivity contribution in [1.29, 1.82) is 0 Å². The number of hydrogen-bond donors (Lipinski definition) is 1. The summed E-state index contributed by atoms with van der Waals surface area (Å²) in [6.45, 7) is 0. The Morgan fingerprint density at radius 3 is 2.50 bits per heavy atom. The van der Waals surface area contributed by atoms with Gasteiger partial charge in [-0.3, -0.25) is 4.79 Å². The average Bonchev–Trinajstić information content (AvgIpc) is 2.57. The zero-order valence-electron chi connectivity index (χ0n) is 12.1. The number of amides is 1. The van der Waals surface area contributed by atoms with Gasteiger partial charge < -0.3 is 5.32 Å². The molecule has 0 atom stereocenters. The van der Waals surface area contributed by atoms with Crippen LogP contribution in [0.4, 0.5) is 10.1 Å². The summed E-state index contributed by atoms with van der Waals surface area (Å²) in [5, 5.41) is 3.31. The first-order valence-corrected chi connectivity index (χ1v) is 7.63. The molecule has 4 nitrogen and oxygen atoms in total. The second-order valence-electron chi connectivity index (χ2n) is 4.88. The van der Waals surface area contributed by atoms with Gasteiger partial charge in [-0.25, -0.2) is 14.4 Å². The molecule has 24 heavy (non-hydrogen) atoms. The van der Waals surface area contributed by atoms with Crippen LogP contribution in [0.5, 0.6) is 0 Å². The number of carbonyl (C=O) groups excluding carboxylic acids is 1. The molecular formula is C17H10Cl2FN3O. The van der Waals surface area contributed by atoms with E-state index in [1.165, 1.54) is 24.5 Å². The summed E-state index contributed by atoms with van der Waals surface area (Å²) in [6, 6.07) is 10.7. The van der Waals surface area contributed by atoms with E-state index in [0.29, 0.717) is 16.5 Å². The lowest BCUT2D eigenvalue weighted by molar-refractivity contribution is 0.102. The van der Waals surface area contributed by atoms with Gasteiger partial charge in [-0.05, 0) is 30.3 Å². The molecule has 0 bridgehead atoms. The Labute approximate surface area is 147 Å². The van der Waals surface area contributed by atoms with Crippen molar-refractivity contribution in [3.63, 3.8) is 0 Å². The molecule has 0 radical (unpaired) electrons. The number of aromatic nitrogens is 2. The summed E-state index contributed by atoms with van der Waals surface area (Å²) in [7, 11) is 0. The van der Waals surface area contributed by atoms with E-state index in [4.69, 9.17) is 23.2 Å². The lowest BCUT2D eigenvalue weighted by Gasteiger charge is -2.07. The molecule has 1 amide bonds. The van der Waals surface area contributed by atoms with Crippen LogP contribution in [-0.4, -0.2) is 15.9 Å². The first-order chi connectivity index (χ1) is 11.5. The molecule has 2 aromatic carbocycles. The Morgan fingerprint density at radius 1 is 1.04 bits per heavy atom. The van der Waals surface area contributed by atoms with Gasteiger partial charge in [0.25, 0.3) is 5.91 Å². The lowest BCUT2D eigenvalue weighted by atomic mass is 10.2. The number of nitrogens with one attached hydrogen (secondary N) is 1. The molecule has 3 aromatic rings. The van der Waals surface area contributed by atoms with Crippen LogP contribution in [0.25, 0.3) is 11.4 Å². The molecule has 3 rings (SSSR count). The van der Waals surface area contributed by atoms with Gasteiger partial charge in [-0.2, -0.15) is 0 Å². The van der Waals surface area contributed by atoms with Crippen LogP contribution < -0.4 is 5.32 Å². The second-order valence-corrected chi connectivity index (χ2v) is 5.73. The lowest BCUT2D eigenvalue weighted by Crippen LogP contribution is -2.13. The quantitative estimate of drug-likeness (QED) is 0.725. The molecule has 0 spiro atoms. The molecular weight excluding hydrogens is 352 g/mol. The number of benzene rings is 2. The van der Waals surface area contributed by atoms with E-state index in [0.717, 1.165) is 11.6 Å². The molecule has 0 saturated heterocycles. The molecule has 0 aliphatic carbocycles. The molecule has 7 heteroatoms. The van der Waals surface area contributed by atoms with Crippen molar-refractivity contribution >= 4 is 34.8 Å². The Balaban J connectivity index is 1.79. The fourth-order valence-electron chi connectivity index (χ4n) is 2.04. The zero-order valence-corrected chi connectivity index (χ0v) is 13.6. The highest BCUT2D eigenvalue weighted by molar-refractivity contribution is 6.34. The van der Waals surface area contributed by atoms with Crippen LogP contribution in [0.1, 0.15) is 10.4 Å². The maximum absolute atomic E-state index is 13.2. The van der Waals surface area contributed by atoms with Crippen LogP contribution in [0, 0.1) is 5.82 Å². The second kappa shape index (κ2) is 6.95. The third-order valence-electron chi connectivity index (χ3n) is 3.17. The van der Waals surface area contributed by atoms with Crippen molar-refractivity contribution in [2.75, 3.05) is 5.32 Å². The Kier molecular flexibility index (Phi) is 4.74. The van der Waals surface area contributed by atoms with Crippen LogP contribution >= 0.6 is 23.2 Å². The van der Waals surface area contributed by atoms with Crippen LogP contribution in [0.3, 0.4) is 0 Å². The van der Waals surface area contributed by atoms with Crippen molar-refractivity contribution in [3.05, 3.63) is 76.3 Å². The largest absolute Gasteiger partial charge is 0.319 e. The maximum atomic E-state index is 13.2. The molecule has 120 valence electrons. The number of nitrogens with zero attached hydrogens (tertiary/aromatic N) is 2. The first kappa shape index (κ1) is 16.4. The monoisotopic (exact) mass is 361 g/mol. The number of anilines is 1. The van der Waals surface area contributed by atoms with Gasteiger partial charge in [-0.1, -0.05) is 35.3 Å². The minimum atomic E-state index is -0.544. The summed E-state index contributed by atoms with van der Waals surface area (Å²) < 4.78 is 13.2. The van der Waals surface area contributed by atoms with Gasteiger partial charge in [0.15, 0.2) is 5.82 Å². The standard InChI is InChI=1S/C17H10Cl2FN3O/c18-11-3-1-2-10(6-11)16-21-8-13(9-22-16)23-17(24)14-7-12(20)4-5-15(14)19/h1-9H,(H,23,24). The predicted molar refractivity (Wildman–Crippen MR) is 91.8 cm³/mol. The summed E-state index contributed by atoms with van der Waals surface area (Å²) in [6.07, 6.45) is 2.91. The fourth-order valence-corrected chi connectivity index (χ4v) is 2.43. The SMILES string of the molecule is O=C(Nc1cnc(-c2cccc(Cl)c2)nc1)c1cc(F)ccc1Cl. The number of hydrogen-bond acceptors (Lipinski definition) is 3. The van der Waals surface area contributed by atoms with Crippen molar-refractivity contribution in [2.24, 2.45) is 0 Å². The van der Waals surface area contributed by atoms with Gasteiger partial charge in [-0.15, -0.1) is 0 Å². The van der Waals surface area contributed by atoms with Crippen molar-refractivity contribution < 1.29 is 9.18 Å². The van der Waals surface area contributed by atoms with E-state index in [-0.39, 0.29) is 10.6 Å². The van der Waals surface area contributed by atoms with E-state index in [9.17, 15) is 9.18 Å². The van der Waals surface area contributed by atoms with E-state index >= 15 is 0 Å². The molecule has 0 unspecified atom stereocenters. The van der Waals surface area contributed by atoms with Gasteiger partial charge in [0, 0.05) is 10.6 Å². The summed E-state index contributed by atoms with van der Waals surface area (Å²) in [4.78, 5) is 20.5. The van der Waals surface area contributed by atoms with Crippen molar-refractivity contribution in [3.8, 4) is 11.4 Å². The zero-order chi connectivity index (χ0) is 17.1. The molecule has 1 aromatic heterocycles. The van der Waals surface area contributed by atoms with E-state index in [2.05, 4.69) is 15.3 Å². The van der Waals surface area contributed by atoms with Crippen molar-refractivity contribution in [1.82, 2.24) is 9.97 Å². The highest BCUT2D eigenvalue weighted by Crippen LogP contribution is 2.21. The van der Waals surface area contributed by atoms with E-state index in [1.807, 2.05) is 6.07 Å². The molecule has 1 heterocycles. The van der Waals surface area contributed by atoms with E-state index in [1.54, 1.807) is 18.2 Å². The maximum Gasteiger partial charge on any atom is 0.257 e. The third-order valence-corrected chi connectivity index (χ3v) is 3.73. The number of carbonyl (C=O) groups is 1. The van der Waals surface area contributed by atoms with Gasteiger partial charge in [0.2, 0.25) is 0 Å². The normalized spacial score (nSPS) is 10.5. The smallest absolute Gasteiger partial charge is 0.257 e. The minimum Gasteiger partial charge on any atom is -0.319 e. The molecule has 1 N–H and O–H groups in total. The summed E-state index contributed by atoms with van der Waals surface area (Å²) in [5.74, 6) is -0.616. The van der Waals surface area contributed by atoms with E-state index < -0.39 is 11.7 Å². The minimum absolute atomic E-state index is 0.0376. The van der Waals surface area contributed by atoms with Crippen molar-refractivity contribution in [2.45, 2.75) is 0 Å². The Hall–Kier alpha value is -2.50. The van der Waals surface area contributed by atoms with Gasteiger partial charge >= 0.3 is 0 Å². The van der Waals surface area contributed by atoms with Gasteiger partial charge in [0.05, 0.1) is 28.7 Å². The highest BCUT2D eigenvalue weighted by atomic mass is 35.5. The number of rotatable bonds is 3. The molecule has 0 aliphatic heterocycles. The molecule has 0 fully saturated rings. The topological polar surface area (TPSA) is 54.9 Å². The van der Waals surface area contributed by atoms with Gasteiger partial charge in [0.1, 0.15) is 5.82 Å². The van der Waals surface area contributed by atoms with Crippen LogP contribution in [-0.2, 0) is 0 Å². The third kappa shape index (κ3) is 3.69. The highest BCUT2D eigenvalue weighted by Gasteiger charge is 2.12.